The van der Waals surface area contributed by atoms with Crippen LogP contribution in [0.5, 0.6) is 0 Å². The lowest BCUT2D eigenvalue weighted by atomic mass is 9.92. The molecular weight excluding hydrogens is 284 g/mol. The van der Waals surface area contributed by atoms with Crippen LogP contribution in [0.1, 0.15) is 24.8 Å². The summed E-state index contributed by atoms with van der Waals surface area (Å²) >= 11 is 0. The number of likely N-dealkylation sites (N-methyl/N-ethyl adjacent to an activating group) is 1. The Labute approximate surface area is 128 Å². The highest BCUT2D eigenvalue weighted by molar-refractivity contribution is 6.04. The van der Waals surface area contributed by atoms with Crippen molar-refractivity contribution in [3.8, 4) is 0 Å². The smallest absolute Gasteiger partial charge is 0.304 e. The summed E-state index contributed by atoms with van der Waals surface area (Å²) in [6.07, 6.45) is 1.90. The van der Waals surface area contributed by atoms with Crippen LogP contribution in [0.4, 0.5) is 5.69 Å². The minimum atomic E-state index is -0.790. The lowest BCUT2D eigenvalue weighted by Gasteiger charge is -2.31. The van der Waals surface area contributed by atoms with Gasteiger partial charge in [-0.1, -0.05) is 12.1 Å². The Hall–Kier alpha value is -2.37. The Bertz CT molecular complexity index is 634. The Morgan fingerprint density at radius 1 is 1.14 bits per heavy atom. The fourth-order valence-electron chi connectivity index (χ4n) is 2.96. The van der Waals surface area contributed by atoms with Gasteiger partial charge in [0.05, 0.1) is 13.0 Å². The molecule has 2 aliphatic rings. The van der Waals surface area contributed by atoms with Crippen molar-refractivity contribution < 1.29 is 19.5 Å². The van der Waals surface area contributed by atoms with Crippen LogP contribution in [0.2, 0.25) is 0 Å². The first-order valence-electron chi connectivity index (χ1n) is 7.28. The van der Waals surface area contributed by atoms with Gasteiger partial charge in [0.1, 0.15) is 6.54 Å². The highest BCUT2D eigenvalue weighted by atomic mass is 16.4. The number of aliphatic carboxylic acids is 1. The van der Waals surface area contributed by atoms with Crippen molar-refractivity contribution in [1.29, 1.82) is 0 Å². The van der Waals surface area contributed by atoms with E-state index in [4.69, 9.17) is 5.11 Å². The van der Waals surface area contributed by atoms with Gasteiger partial charge in [-0.15, -0.1) is 0 Å². The monoisotopic (exact) mass is 302 g/mol. The molecule has 2 amide bonds. The number of carboxylic acids is 1. The summed E-state index contributed by atoms with van der Waals surface area (Å²) in [7, 11) is 1.61. The predicted molar refractivity (Wildman–Crippen MR) is 79.6 cm³/mol. The fourth-order valence-corrected chi connectivity index (χ4v) is 2.96. The molecule has 6 heteroatoms. The first-order valence-corrected chi connectivity index (χ1v) is 7.28. The van der Waals surface area contributed by atoms with Gasteiger partial charge in [-0.25, -0.2) is 0 Å². The maximum atomic E-state index is 12.0. The molecule has 0 aromatic heterocycles. The largest absolute Gasteiger partial charge is 0.481 e. The standard InChI is InChI=1S/C16H18N2O4/c1-17-9-14(20)18(10-13(17)19)12-4-2-11(3-5-12)16(6-7-16)8-15(21)22/h2-5H,6-10H2,1H3,(H,21,22). The number of carboxylic acid groups (broad SMARTS) is 1. The number of anilines is 1. The number of hydrogen-bond donors (Lipinski definition) is 1. The van der Waals surface area contributed by atoms with Gasteiger partial charge in [0.25, 0.3) is 0 Å². The van der Waals surface area contributed by atoms with Crippen molar-refractivity contribution in [2.45, 2.75) is 24.7 Å². The van der Waals surface area contributed by atoms with Gasteiger partial charge >= 0.3 is 5.97 Å². The normalized spacial score (nSPS) is 20.2. The fraction of sp³-hybridized carbons (Fsp3) is 0.438. The molecule has 1 saturated carbocycles. The van der Waals surface area contributed by atoms with Gasteiger partial charge in [-0.3, -0.25) is 14.4 Å². The topological polar surface area (TPSA) is 77.9 Å². The number of carbonyl (C=O) groups is 3. The van der Waals surface area contributed by atoms with Crippen LogP contribution < -0.4 is 4.90 Å². The molecular formula is C16H18N2O4. The highest BCUT2D eigenvalue weighted by Crippen LogP contribution is 2.51. The van der Waals surface area contributed by atoms with Crippen LogP contribution in [-0.4, -0.2) is 47.9 Å². The van der Waals surface area contributed by atoms with Gasteiger partial charge in [0.15, 0.2) is 0 Å². The number of nitrogens with zero attached hydrogens (tertiary/aromatic N) is 2. The van der Waals surface area contributed by atoms with Gasteiger partial charge in [-0.2, -0.15) is 0 Å². The number of amides is 2. The summed E-state index contributed by atoms with van der Waals surface area (Å²) in [5.74, 6) is -0.990. The molecule has 0 atom stereocenters. The van der Waals surface area contributed by atoms with Crippen LogP contribution in [0, 0.1) is 0 Å². The summed E-state index contributed by atoms with van der Waals surface area (Å²) in [5, 5.41) is 9.00. The van der Waals surface area contributed by atoms with Crippen LogP contribution in [-0.2, 0) is 19.8 Å². The van der Waals surface area contributed by atoms with E-state index in [0.717, 1.165) is 18.4 Å². The zero-order valence-electron chi connectivity index (χ0n) is 12.4. The van der Waals surface area contributed by atoms with Crippen LogP contribution in [0.25, 0.3) is 0 Å². The highest BCUT2D eigenvalue weighted by Gasteiger charge is 2.45. The zero-order chi connectivity index (χ0) is 15.9. The molecule has 22 heavy (non-hydrogen) atoms. The molecule has 6 nitrogen and oxygen atoms in total. The van der Waals surface area contributed by atoms with E-state index < -0.39 is 5.97 Å². The number of rotatable bonds is 4. The molecule has 1 N–H and O–H groups in total. The lowest BCUT2D eigenvalue weighted by molar-refractivity contribution is -0.137. The summed E-state index contributed by atoms with van der Waals surface area (Å²) in [6.45, 7) is 0.137. The quantitative estimate of drug-likeness (QED) is 0.900. The average Bonchev–Trinajstić information content (AvgIpc) is 3.23. The zero-order valence-corrected chi connectivity index (χ0v) is 12.4. The summed E-state index contributed by atoms with van der Waals surface area (Å²) in [6, 6.07) is 7.35. The Kier molecular flexibility index (Phi) is 3.39. The summed E-state index contributed by atoms with van der Waals surface area (Å²) in [4.78, 5) is 37.6. The molecule has 116 valence electrons. The van der Waals surface area contributed by atoms with Gasteiger partial charge in [0, 0.05) is 18.2 Å². The SMILES string of the molecule is CN1CC(=O)N(c2ccc(C3(CC(=O)O)CC3)cc2)CC1=O. The van der Waals surface area contributed by atoms with E-state index in [1.807, 2.05) is 12.1 Å². The van der Waals surface area contributed by atoms with Crippen molar-refractivity contribution in [1.82, 2.24) is 4.90 Å². The second-order valence-corrected chi connectivity index (χ2v) is 6.13. The third-order valence-corrected chi connectivity index (χ3v) is 4.53. The second-order valence-electron chi connectivity index (χ2n) is 6.13. The van der Waals surface area contributed by atoms with Gasteiger partial charge in [-0.05, 0) is 30.5 Å². The maximum absolute atomic E-state index is 12.0. The van der Waals surface area contributed by atoms with Crippen molar-refractivity contribution in [2.24, 2.45) is 0 Å². The van der Waals surface area contributed by atoms with Crippen LogP contribution >= 0.6 is 0 Å². The van der Waals surface area contributed by atoms with Crippen molar-refractivity contribution in [2.75, 3.05) is 25.0 Å². The first kappa shape index (κ1) is 14.6. The maximum Gasteiger partial charge on any atom is 0.304 e. The van der Waals surface area contributed by atoms with Gasteiger partial charge < -0.3 is 14.9 Å². The van der Waals surface area contributed by atoms with E-state index in [2.05, 4.69) is 0 Å². The second kappa shape index (κ2) is 5.12. The van der Waals surface area contributed by atoms with Crippen molar-refractivity contribution >= 4 is 23.5 Å². The van der Waals surface area contributed by atoms with Crippen molar-refractivity contribution in [3.63, 3.8) is 0 Å². The van der Waals surface area contributed by atoms with Crippen LogP contribution in [0.3, 0.4) is 0 Å². The molecule has 1 aromatic rings. The Morgan fingerprint density at radius 3 is 2.32 bits per heavy atom. The third kappa shape index (κ3) is 2.56. The molecule has 1 aliphatic carbocycles. The molecule has 2 fully saturated rings. The third-order valence-electron chi connectivity index (χ3n) is 4.53. The van der Waals surface area contributed by atoms with Crippen LogP contribution in [0.15, 0.2) is 24.3 Å². The predicted octanol–water partition coefficient (Wildman–Crippen LogP) is 0.998. The minimum absolute atomic E-state index is 0.0505. The van der Waals surface area contributed by atoms with E-state index in [1.165, 1.54) is 9.80 Å². The Balaban J connectivity index is 1.79. The van der Waals surface area contributed by atoms with E-state index in [1.54, 1.807) is 19.2 Å². The number of hydrogen-bond acceptors (Lipinski definition) is 3. The molecule has 3 rings (SSSR count). The number of benzene rings is 1. The Morgan fingerprint density at radius 2 is 1.77 bits per heavy atom. The molecule has 1 aromatic carbocycles. The molecule has 0 spiro atoms. The van der Waals surface area contributed by atoms with E-state index in [9.17, 15) is 14.4 Å². The van der Waals surface area contributed by atoms with E-state index in [0.29, 0.717) is 5.69 Å². The summed E-state index contributed by atoms with van der Waals surface area (Å²) in [5.41, 5.74) is 1.43. The molecule has 0 radical (unpaired) electrons. The van der Waals surface area contributed by atoms with E-state index in [-0.39, 0.29) is 36.7 Å². The van der Waals surface area contributed by atoms with Gasteiger partial charge in [0.2, 0.25) is 11.8 Å². The van der Waals surface area contributed by atoms with Crippen molar-refractivity contribution in [3.05, 3.63) is 29.8 Å². The molecule has 0 bridgehead atoms. The molecule has 1 saturated heterocycles. The number of piperazine rings is 1. The average molecular weight is 302 g/mol. The number of carbonyl (C=O) groups excluding carboxylic acids is 2. The van der Waals surface area contributed by atoms with E-state index >= 15 is 0 Å². The molecule has 0 unspecified atom stereocenters. The lowest BCUT2D eigenvalue weighted by Crippen LogP contribution is -2.52. The minimum Gasteiger partial charge on any atom is -0.481 e. The summed E-state index contributed by atoms with van der Waals surface area (Å²) < 4.78 is 0. The first-order chi connectivity index (χ1) is 10.4. The molecule has 1 aliphatic heterocycles. The molecule has 1 heterocycles.